The smallest absolute Gasteiger partial charge is 0.321 e. The number of hydrogen-bond donors (Lipinski definition) is 0. The molecule has 5 nitrogen and oxygen atoms in total. The van der Waals surface area contributed by atoms with Crippen LogP contribution >= 0.6 is 11.6 Å². The molecule has 0 saturated carbocycles. The summed E-state index contributed by atoms with van der Waals surface area (Å²) >= 11 is 5.87. The molecule has 0 aliphatic heterocycles. The summed E-state index contributed by atoms with van der Waals surface area (Å²) in [6.45, 7) is 1.36. The van der Waals surface area contributed by atoms with E-state index in [1.807, 2.05) is 6.92 Å². The molecule has 1 aromatic heterocycles. The monoisotopic (exact) mass is 408 g/mol. The topological polar surface area (TPSA) is 69.0 Å². The number of nitrogens with zero attached hydrogens (tertiary/aromatic N) is 2. The first-order chi connectivity index (χ1) is 12.0. The highest BCUT2D eigenvalue weighted by molar-refractivity contribution is 7.91. The molecule has 1 aromatic carbocycles. The highest BCUT2D eigenvalue weighted by atomic mass is 35.5. The van der Waals surface area contributed by atoms with E-state index in [-0.39, 0.29) is 16.6 Å². The fraction of sp³-hybridized carbons (Fsp3) is 0.375. The van der Waals surface area contributed by atoms with Crippen LogP contribution in [0.25, 0.3) is 0 Å². The van der Waals surface area contributed by atoms with Crippen molar-refractivity contribution >= 4 is 27.2 Å². The lowest BCUT2D eigenvalue weighted by molar-refractivity contribution is -0.136. The first kappa shape index (κ1) is 20.4. The summed E-state index contributed by atoms with van der Waals surface area (Å²) in [6.07, 6.45) is -4.52. The Morgan fingerprint density at radius 3 is 2.42 bits per heavy atom. The molecule has 142 valence electrons. The van der Waals surface area contributed by atoms with Gasteiger partial charge in [0, 0.05) is 6.54 Å². The molecule has 0 radical (unpaired) electrons. The van der Waals surface area contributed by atoms with E-state index >= 15 is 0 Å². The summed E-state index contributed by atoms with van der Waals surface area (Å²) in [5, 5.41) is -0.301. The van der Waals surface area contributed by atoms with Gasteiger partial charge in [-0.25, -0.2) is 13.4 Å². The Labute approximate surface area is 153 Å². The Hall–Kier alpha value is -1.87. The summed E-state index contributed by atoms with van der Waals surface area (Å²) in [6, 6.07) is 6.81. The van der Waals surface area contributed by atoms with Crippen molar-refractivity contribution in [2.24, 2.45) is 0 Å². The quantitative estimate of drug-likeness (QED) is 0.656. The molecular weight excluding hydrogens is 393 g/mol. The van der Waals surface area contributed by atoms with Crippen LogP contribution in [-0.2, 0) is 22.1 Å². The van der Waals surface area contributed by atoms with E-state index in [2.05, 4.69) is 4.98 Å². The normalized spacial score (nSPS) is 12.3. The van der Waals surface area contributed by atoms with Gasteiger partial charge >= 0.3 is 6.18 Å². The maximum Gasteiger partial charge on any atom is 0.390 e. The van der Waals surface area contributed by atoms with Crippen molar-refractivity contribution in [2.45, 2.75) is 31.8 Å². The van der Waals surface area contributed by atoms with E-state index in [1.165, 1.54) is 0 Å². The molecule has 2 aromatic rings. The SMILES string of the molecule is Cc1ccc(CS(=O)(=O)CC(=O)c2ncn(CCC(F)(F)F)c2Cl)cc1. The van der Waals surface area contributed by atoms with Crippen molar-refractivity contribution in [1.82, 2.24) is 9.55 Å². The summed E-state index contributed by atoms with van der Waals surface area (Å²) in [7, 11) is -3.78. The van der Waals surface area contributed by atoms with Crippen molar-refractivity contribution in [3.05, 3.63) is 52.6 Å². The first-order valence-electron chi connectivity index (χ1n) is 7.53. The highest BCUT2D eigenvalue weighted by Gasteiger charge is 2.28. The van der Waals surface area contributed by atoms with Crippen molar-refractivity contribution in [2.75, 3.05) is 5.75 Å². The fourth-order valence-corrected chi connectivity index (χ4v) is 3.84. The number of carbonyl (C=O) groups is 1. The third-order valence-electron chi connectivity index (χ3n) is 3.53. The second kappa shape index (κ2) is 7.79. The lowest BCUT2D eigenvalue weighted by atomic mass is 10.2. The number of Topliss-reactive ketones (excluding diaryl/α,β-unsaturated/α-hetero) is 1. The molecule has 0 unspecified atom stereocenters. The summed E-state index contributed by atoms with van der Waals surface area (Å²) in [5.41, 5.74) is 1.16. The van der Waals surface area contributed by atoms with Crippen molar-refractivity contribution in [1.29, 1.82) is 0 Å². The van der Waals surface area contributed by atoms with E-state index < -0.39 is 40.5 Å². The minimum absolute atomic E-state index is 0.301. The molecule has 0 spiro atoms. The Balaban J connectivity index is 2.07. The number of imidazole rings is 1. The molecular formula is C16H16ClF3N2O3S. The van der Waals surface area contributed by atoms with Crippen molar-refractivity contribution < 1.29 is 26.4 Å². The van der Waals surface area contributed by atoms with Crippen LogP contribution in [0.5, 0.6) is 0 Å². The average molecular weight is 409 g/mol. The Morgan fingerprint density at radius 2 is 1.85 bits per heavy atom. The number of ketones is 1. The van der Waals surface area contributed by atoms with E-state index in [0.717, 1.165) is 16.5 Å². The van der Waals surface area contributed by atoms with Crippen LogP contribution < -0.4 is 0 Å². The van der Waals surface area contributed by atoms with E-state index in [1.54, 1.807) is 24.3 Å². The molecule has 0 amide bonds. The number of carbonyl (C=O) groups excluding carboxylic acids is 1. The molecule has 0 aliphatic rings. The zero-order valence-corrected chi connectivity index (χ0v) is 15.3. The standard InChI is InChI=1S/C16H16ClF3N2O3S/c1-11-2-4-12(5-3-11)8-26(24,25)9-13(23)14-15(17)22(10-21-14)7-6-16(18,19)20/h2-5,10H,6-9H2,1H3. The van der Waals surface area contributed by atoms with Gasteiger partial charge in [-0.15, -0.1) is 0 Å². The van der Waals surface area contributed by atoms with Gasteiger partial charge in [0.25, 0.3) is 0 Å². The molecule has 0 fully saturated rings. The molecule has 0 N–H and O–H groups in total. The number of aromatic nitrogens is 2. The molecule has 2 rings (SSSR count). The van der Waals surface area contributed by atoms with Gasteiger partial charge in [0.05, 0.1) is 18.5 Å². The van der Waals surface area contributed by atoms with Gasteiger partial charge in [0.2, 0.25) is 0 Å². The fourth-order valence-electron chi connectivity index (χ4n) is 2.21. The van der Waals surface area contributed by atoms with Gasteiger partial charge in [-0.05, 0) is 12.5 Å². The highest BCUT2D eigenvalue weighted by Crippen LogP contribution is 2.23. The largest absolute Gasteiger partial charge is 0.390 e. The van der Waals surface area contributed by atoms with Crippen LogP contribution in [0.1, 0.15) is 28.0 Å². The van der Waals surface area contributed by atoms with Crippen molar-refractivity contribution in [3.8, 4) is 0 Å². The minimum Gasteiger partial charge on any atom is -0.321 e. The van der Waals surface area contributed by atoms with Gasteiger partial charge < -0.3 is 4.57 Å². The van der Waals surface area contributed by atoms with Gasteiger partial charge in [0.1, 0.15) is 16.6 Å². The maximum atomic E-state index is 12.3. The van der Waals surface area contributed by atoms with Crippen LogP contribution in [-0.4, -0.2) is 35.7 Å². The van der Waals surface area contributed by atoms with Crippen LogP contribution in [0.3, 0.4) is 0 Å². The lowest BCUT2D eigenvalue weighted by Gasteiger charge is -2.07. The first-order valence-corrected chi connectivity index (χ1v) is 9.73. The third kappa shape index (κ3) is 5.84. The second-order valence-corrected chi connectivity index (χ2v) is 8.31. The van der Waals surface area contributed by atoms with E-state index in [0.29, 0.717) is 5.56 Å². The third-order valence-corrected chi connectivity index (χ3v) is 5.40. The van der Waals surface area contributed by atoms with Crippen LogP contribution in [0.2, 0.25) is 5.15 Å². The average Bonchev–Trinajstić information content (AvgIpc) is 2.87. The zero-order chi connectivity index (χ0) is 19.5. The number of benzene rings is 1. The van der Waals surface area contributed by atoms with E-state index in [9.17, 15) is 26.4 Å². The van der Waals surface area contributed by atoms with Crippen LogP contribution in [0, 0.1) is 6.92 Å². The lowest BCUT2D eigenvalue weighted by Crippen LogP contribution is -2.19. The van der Waals surface area contributed by atoms with Crippen LogP contribution in [0.15, 0.2) is 30.6 Å². The minimum atomic E-state index is -4.38. The Kier molecular flexibility index (Phi) is 6.13. The molecule has 0 aliphatic carbocycles. The zero-order valence-electron chi connectivity index (χ0n) is 13.8. The Bertz CT molecular complexity index is 890. The molecule has 0 bridgehead atoms. The number of aryl methyl sites for hydroxylation is 2. The van der Waals surface area contributed by atoms with Gasteiger partial charge in [0.15, 0.2) is 15.6 Å². The predicted molar refractivity (Wildman–Crippen MR) is 90.9 cm³/mol. The summed E-state index contributed by atoms with van der Waals surface area (Å²) in [5.74, 6) is -2.00. The molecule has 26 heavy (non-hydrogen) atoms. The van der Waals surface area contributed by atoms with E-state index in [4.69, 9.17) is 11.6 Å². The van der Waals surface area contributed by atoms with Crippen LogP contribution in [0.4, 0.5) is 13.2 Å². The number of halogens is 4. The Morgan fingerprint density at radius 1 is 1.23 bits per heavy atom. The number of sulfone groups is 1. The summed E-state index contributed by atoms with van der Waals surface area (Å²) in [4.78, 5) is 15.8. The van der Waals surface area contributed by atoms with Crippen molar-refractivity contribution in [3.63, 3.8) is 0 Å². The maximum absolute atomic E-state index is 12.3. The molecule has 10 heteroatoms. The number of alkyl halides is 3. The van der Waals surface area contributed by atoms with Gasteiger partial charge in [-0.3, -0.25) is 4.79 Å². The van der Waals surface area contributed by atoms with Gasteiger partial charge in [-0.2, -0.15) is 13.2 Å². The second-order valence-electron chi connectivity index (χ2n) is 5.88. The molecule has 1 heterocycles. The predicted octanol–water partition coefficient (Wildman–Crippen LogP) is 3.60. The summed E-state index contributed by atoms with van der Waals surface area (Å²) < 4.78 is 62.2. The molecule has 0 saturated heterocycles. The van der Waals surface area contributed by atoms with Gasteiger partial charge in [-0.1, -0.05) is 41.4 Å². The number of rotatable bonds is 7. The molecule has 0 atom stereocenters. The number of hydrogen-bond acceptors (Lipinski definition) is 4.